The molecule has 3 aromatic heterocycles. The standard InChI is InChI=1S/C19H21N5O4/c1-8-7-9(2)24-19(20-8)22-17(23-24)18(27)28-13(6)16(26)15-10(3)14(12(5)25)11(4)21-15/h7,13,21H,1-6H3/t13-/m1/s1. The Labute approximate surface area is 161 Å². The smallest absolute Gasteiger partial charge is 0.379 e. The van der Waals surface area contributed by atoms with E-state index in [4.69, 9.17) is 4.74 Å². The minimum Gasteiger partial charge on any atom is -0.448 e. The van der Waals surface area contributed by atoms with Gasteiger partial charge in [0.05, 0.1) is 5.69 Å². The number of carbonyl (C=O) groups excluding carboxylic acids is 3. The highest BCUT2D eigenvalue weighted by molar-refractivity contribution is 6.05. The van der Waals surface area contributed by atoms with Crippen LogP contribution < -0.4 is 0 Å². The SMILES string of the molecule is CC(=O)c1c(C)[nH]c(C(=O)[C@@H](C)OC(=O)c2nc3nc(C)cc(C)n3n2)c1C. The molecule has 1 N–H and O–H groups in total. The minimum atomic E-state index is -1.08. The summed E-state index contributed by atoms with van der Waals surface area (Å²) in [5.41, 5.74) is 3.39. The van der Waals surface area contributed by atoms with Crippen molar-refractivity contribution in [3.63, 3.8) is 0 Å². The number of esters is 1. The molecule has 0 bridgehead atoms. The highest BCUT2D eigenvalue weighted by Gasteiger charge is 2.27. The lowest BCUT2D eigenvalue weighted by molar-refractivity contribution is 0.0305. The van der Waals surface area contributed by atoms with E-state index < -0.39 is 17.9 Å². The second-order valence-corrected chi connectivity index (χ2v) is 6.78. The Balaban J connectivity index is 1.83. The molecular formula is C19H21N5O4. The van der Waals surface area contributed by atoms with Crippen molar-refractivity contribution in [1.82, 2.24) is 24.6 Å². The summed E-state index contributed by atoms with van der Waals surface area (Å²) in [6.45, 7) is 9.94. The predicted molar refractivity (Wildman–Crippen MR) is 99.7 cm³/mol. The molecule has 3 heterocycles. The van der Waals surface area contributed by atoms with Gasteiger partial charge in [-0.25, -0.2) is 14.3 Å². The number of hydrogen-bond donors (Lipinski definition) is 1. The van der Waals surface area contributed by atoms with Crippen LogP contribution in [-0.4, -0.2) is 48.2 Å². The van der Waals surface area contributed by atoms with Gasteiger partial charge in [-0.15, -0.1) is 5.10 Å². The Morgan fingerprint density at radius 3 is 2.43 bits per heavy atom. The molecular weight excluding hydrogens is 362 g/mol. The molecule has 28 heavy (non-hydrogen) atoms. The van der Waals surface area contributed by atoms with Gasteiger partial charge in [0.25, 0.3) is 11.6 Å². The van der Waals surface area contributed by atoms with Crippen LogP contribution in [0.3, 0.4) is 0 Å². The number of ketones is 2. The molecule has 3 aromatic rings. The number of nitrogens with zero attached hydrogens (tertiary/aromatic N) is 4. The second kappa shape index (κ2) is 6.99. The Bertz CT molecular complexity index is 1130. The summed E-state index contributed by atoms with van der Waals surface area (Å²) in [7, 11) is 0. The van der Waals surface area contributed by atoms with Crippen LogP contribution in [0, 0.1) is 27.7 Å². The first-order chi connectivity index (χ1) is 13.1. The molecule has 0 unspecified atom stereocenters. The molecule has 146 valence electrons. The van der Waals surface area contributed by atoms with Crippen molar-refractivity contribution in [2.45, 2.75) is 47.6 Å². The molecule has 0 saturated carbocycles. The number of aromatic amines is 1. The second-order valence-electron chi connectivity index (χ2n) is 6.78. The first kappa shape index (κ1) is 19.4. The average molecular weight is 383 g/mol. The number of aryl methyl sites for hydroxylation is 3. The van der Waals surface area contributed by atoms with Crippen molar-refractivity contribution < 1.29 is 19.1 Å². The Morgan fingerprint density at radius 2 is 1.82 bits per heavy atom. The number of fused-ring (bicyclic) bond motifs is 1. The molecule has 0 aromatic carbocycles. The van der Waals surface area contributed by atoms with E-state index in [0.29, 0.717) is 16.8 Å². The zero-order chi connectivity index (χ0) is 20.7. The number of hydrogen-bond acceptors (Lipinski definition) is 7. The van der Waals surface area contributed by atoms with Gasteiger partial charge in [-0.05, 0) is 53.2 Å². The van der Waals surface area contributed by atoms with Crippen LogP contribution >= 0.6 is 0 Å². The van der Waals surface area contributed by atoms with Crippen molar-refractivity contribution in [3.8, 4) is 0 Å². The van der Waals surface area contributed by atoms with Crippen molar-refractivity contribution in [2.75, 3.05) is 0 Å². The largest absolute Gasteiger partial charge is 0.448 e. The summed E-state index contributed by atoms with van der Waals surface area (Å²) in [5.74, 6) is -1.29. The molecule has 0 aliphatic rings. The number of nitrogens with one attached hydrogen (secondary N) is 1. The summed E-state index contributed by atoms with van der Waals surface area (Å²) < 4.78 is 6.70. The summed E-state index contributed by atoms with van der Waals surface area (Å²) in [4.78, 5) is 48.1. The van der Waals surface area contributed by atoms with Crippen molar-refractivity contribution in [2.24, 2.45) is 0 Å². The molecule has 0 aliphatic carbocycles. The van der Waals surface area contributed by atoms with E-state index in [9.17, 15) is 14.4 Å². The Kier molecular flexibility index (Phi) is 4.84. The maximum atomic E-state index is 12.7. The lowest BCUT2D eigenvalue weighted by Crippen LogP contribution is -2.26. The van der Waals surface area contributed by atoms with Gasteiger partial charge in [-0.1, -0.05) is 0 Å². The van der Waals surface area contributed by atoms with Crippen LogP contribution in [0.2, 0.25) is 0 Å². The lowest BCUT2D eigenvalue weighted by Gasteiger charge is -2.10. The van der Waals surface area contributed by atoms with Gasteiger partial charge in [0.1, 0.15) is 0 Å². The average Bonchev–Trinajstić information content (AvgIpc) is 3.15. The number of ether oxygens (including phenoxy) is 1. The molecule has 0 radical (unpaired) electrons. The van der Waals surface area contributed by atoms with E-state index in [2.05, 4.69) is 20.1 Å². The quantitative estimate of drug-likeness (QED) is 0.530. The van der Waals surface area contributed by atoms with E-state index in [0.717, 1.165) is 11.4 Å². The van der Waals surface area contributed by atoms with E-state index in [1.165, 1.54) is 18.4 Å². The van der Waals surface area contributed by atoms with Crippen LogP contribution in [0.25, 0.3) is 5.78 Å². The third-order valence-electron chi connectivity index (χ3n) is 4.49. The molecule has 9 heteroatoms. The van der Waals surface area contributed by atoms with Crippen LogP contribution in [0.4, 0.5) is 0 Å². The highest BCUT2D eigenvalue weighted by atomic mass is 16.5. The van der Waals surface area contributed by atoms with Gasteiger partial charge in [-0.3, -0.25) is 9.59 Å². The maximum Gasteiger partial charge on any atom is 0.379 e. The minimum absolute atomic E-state index is 0.137. The molecule has 0 spiro atoms. The number of aromatic nitrogens is 5. The van der Waals surface area contributed by atoms with Gasteiger partial charge in [0.2, 0.25) is 5.78 Å². The van der Waals surface area contributed by atoms with Crippen LogP contribution in [-0.2, 0) is 4.74 Å². The van der Waals surface area contributed by atoms with Gasteiger partial charge in [0, 0.05) is 22.6 Å². The van der Waals surface area contributed by atoms with E-state index in [1.807, 2.05) is 19.9 Å². The summed E-state index contributed by atoms with van der Waals surface area (Å²) in [5, 5.41) is 4.10. The van der Waals surface area contributed by atoms with Crippen LogP contribution in [0.5, 0.6) is 0 Å². The number of rotatable bonds is 5. The number of carbonyl (C=O) groups is 3. The van der Waals surface area contributed by atoms with Crippen molar-refractivity contribution >= 4 is 23.3 Å². The third kappa shape index (κ3) is 3.30. The van der Waals surface area contributed by atoms with Crippen LogP contribution in [0.1, 0.15) is 68.0 Å². The lowest BCUT2D eigenvalue weighted by atomic mass is 10.0. The van der Waals surface area contributed by atoms with Gasteiger partial charge >= 0.3 is 5.97 Å². The zero-order valence-electron chi connectivity index (χ0n) is 16.6. The van der Waals surface area contributed by atoms with Gasteiger partial charge in [-0.2, -0.15) is 4.98 Å². The molecule has 0 fully saturated rings. The van der Waals surface area contributed by atoms with E-state index in [1.54, 1.807) is 13.8 Å². The van der Waals surface area contributed by atoms with E-state index >= 15 is 0 Å². The fourth-order valence-corrected chi connectivity index (χ4v) is 3.25. The molecule has 3 rings (SSSR count). The summed E-state index contributed by atoms with van der Waals surface area (Å²) in [6, 6.07) is 1.81. The Hall–Kier alpha value is -3.36. The first-order valence-electron chi connectivity index (χ1n) is 8.76. The predicted octanol–water partition coefficient (Wildman–Crippen LogP) is 2.32. The van der Waals surface area contributed by atoms with Gasteiger partial charge < -0.3 is 9.72 Å². The number of Topliss-reactive ketones (excluding diaryl/α,β-unsaturated/α-hetero) is 2. The molecule has 0 aliphatic heterocycles. The molecule has 1 atom stereocenters. The highest BCUT2D eigenvalue weighted by Crippen LogP contribution is 2.20. The third-order valence-corrected chi connectivity index (χ3v) is 4.49. The summed E-state index contributed by atoms with van der Waals surface area (Å²) >= 11 is 0. The van der Waals surface area contributed by atoms with Crippen LogP contribution in [0.15, 0.2) is 6.07 Å². The monoisotopic (exact) mass is 383 g/mol. The zero-order valence-corrected chi connectivity index (χ0v) is 16.6. The first-order valence-corrected chi connectivity index (χ1v) is 8.76. The van der Waals surface area contributed by atoms with E-state index in [-0.39, 0.29) is 23.1 Å². The van der Waals surface area contributed by atoms with Crippen molar-refractivity contribution in [3.05, 3.63) is 45.8 Å². The fraction of sp³-hybridized carbons (Fsp3) is 0.368. The van der Waals surface area contributed by atoms with Gasteiger partial charge in [0.15, 0.2) is 11.9 Å². The fourth-order valence-electron chi connectivity index (χ4n) is 3.25. The number of H-pyrrole nitrogens is 1. The van der Waals surface area contributed by atoms with Crippen molar-refractivity contribution in [1.29, 1.82) is 0 Å². The molecule has 0 amide bonds. The summed E-state index contributed by atoms with van der Waals surface area (Å²) in [6.07, 6.45) is -1.08. The Morgan fingerprint density at radius 1 is 1.14 bits per heavy atom. The topological polar surface area (TPSA) is 119 Å². The molecule has 9 nitrogen and oxygen atoms in total. The maximum absolute atomic E-state index is 12.7. The molecule has 0 saturated heterocycles. The normalized spacial score (nSPS) is 12.2.